The van der Waals surface area contributed by atoms with Gasteiger partial charge >= 0.3 is 0 Å². The van der Waals surface area contributed by atoms with E-state index in [0.717, 1.165) is 24.0 Å². The molecule has 0 radical (unpaired) electrons. The van der Waals surface area contributed by atoms with E-state index in [1.54, 1.807) is 32.3 Å². The van der Waals surface area contributed by atoms with Crippen molar-refractivity contribution < 1.29 is 9.53 Å². The number of hydrogen-bond acceptors (Lipinski definition) is 3. The van der Waals surface area contributed by atoms with Gasteiger partial charge in [-0.3, -0.25) is 4.79 Å². The van der Waals surface area contributed by atoms with Crippen molar-refractivity contribution in [2.45, 2.75) is 6.61 Å². The lowest BCUT2D eigenvalue weighted by Gasteiger charge is -2.13. The van der Waals surface area contributed by atoms with Crippen LogP contribution < -0.4 is 4.74 Å². The van der Waals surface area contributed by atoms with Crippen molar-refractivity contribution in [3.8, 4) is 11.8 Å². The number of benzene rings is 2. The molecular weight excluding hydrogens is 613 g/mol. The average Bonchev–Trinajstić information content (AvgIpc) is 2.59. The molecule has 0 aliphatic rings. The molecule has 0 unspecified atom stereocenters. The summed E-state index contributed by atoms with van der Waals surface area (Å²) in [5.74, 6) is 0.386. The Balaban J connectivity index is 2.26. The molecule has 27 heavy (non-hydrogen) atoms. The Morgan fingerprint density at radius 2 is 1.85 bits per heavy atom. The Hall–Kier alpha value is -1.02. The van der Waals surface area contributed by atoms with Gasteiger partial charge in [0.05, 0.1) is 7.14 Å². The van der Waals surface area contributed by atoms with Crippen LogP contribution in [0.4, 0.5) is 0 Å². The molecule has 0 aliphatic heterocycles. The van der Waals surface area contributed by atoms with Gasteiger partial charge < -0.3 is 9.64 Å². The van der Waals surface area contributed by atoms with Crippen molar-refractivity contribution in [2.24, 2.45) is 0 Å². The molecule has 0 heterocycles. The number of nitrogens with zero attached hydrogens (tertiary/aromatic N) is 2. The van der Waals surface area contributed by atoms with Crippen LogP contribution in [-0.2, 0) is 11.4 Å². The normalized spacial score (nSPS) is 11.1. The Morgan fingerprint density at radius 3 is 2.37 bits per heavy atom. The summed E-state index contributed by atoms with van der Waals surface area (Å²) in [6.07, 6.45) is 1.58. The van der Waals surface area contributed by atoms with Gasteiger partial charge in [0.15, 0.2) is 0 Å². The summed E-state index contributed by atoms with van der Waals surface area (Å²) in [6, 6.07) is 10.9. The molecule has 0 fully saturated rings. The van der Waals surface area contributed by atoms with Gasteiger partial charge in [-0.05, 0) is 81.1 Å². The lowest BCUT2D eigenvalue weighted by atomic mass is 10.1. The van der Waals surface area contributed by atoms with Gasteiger partial charge in [0.1, 0.15) is 24.0 Å². The largest absolute Gasteiger partial charge is 0.487 e. The zero-order valence-electron chi connectivity index (χ0n) is 14.4. The van der Waals surface area contributed by atoms with Crippen LogP contribution in [0, 0.1) is 18.5 Å². The number of ether oxygens (including phenoxy) is 1. The number of carbonyl (C=O) groups is 1. The summed E-state index contributed by atoms with van der Waals surface area (Å²) in [6.45, 7) is 0.305. The molecule has 4 nitrogen and oxygen atoms in total. The summed E-state index contributed by atoms with van der Waals surface area (Å²) in [5, 5.41) is 10.4. The average molecular weight is 627 g/mol. The third kappa shape index (κ3) is 5.98. The molecule has 0 aromatic heterocycles. The monoisotopic (exact) mass is 626 g/mol. The molecule has 0 aliphatic carbocycles. The first kappa shape index (κ1) is 22.3. The molecule has 2 rings (SSSR count). The molecule has 140 valence electrons. The zero-order valence-corrected chi connectivity index (χ0v) is 20.2. The fourth-order valence-corrected chi connectivity index (χ4v) is 4.73. The summed E-state index contributed by atoms with van der Waals surface area (Å²) < 4.78 is 7.68. The molecule has 1 amide bonds. The second-order valence-electron chi connectivity index (χ2n) is 5.71. The van der Waals surface area contributed by atoms with Gasteiger partial charge in [0.2, 0.25) is 0 Å². The smallest absolute Gasteiger partial charge is 0.264 e. The van der Waals surface area contributed by atoms with E-state index in [9.17, 15) is 10.1 Å². The summed E-state index contributed by atoms with van der Waals surface area (Å²) in [5.41, 5.74) is 1.67. The standard InChI is InChI=1S/C19H14Cl2I2N2O2/c1-25(2)19(26)13(9-24)5-11-6-16(22)18(17(23)7-11)27-10-12-3-4-14(20)8-15(12)21/h3-8H,10H2,1-2H3/b13-5-. The van der Waals surface area contributed by atoms with Gasteiger partial charge in [-0.15, -0.1) is 0 Å². The molecule has 0 bridgehead atoms. The molecule has 0 saturated heterocycles. The second-order valence-corrected chi connectivity index (χ2v) is 8.88. The highest BCUT2D eigenvalue weighted by Gasteiger charge is 2.14. The summed E-state index contributed by atoms with van der Waals surface area (Å²) in [7, 11) is 3.22. The topological polar surface area (TPSA) is 53.3 Å². The van der Waals surface area contributed by atoms with Crippen LogP contribution >= 0.6 is 68.4 Å². The van der Waals surface area contributed by atoms with E-state index in [1.165, 1.54) is 4.90 Å². The van der Waals surface area contributed by atoms with Crippen molar-refractivity contribution in [1.29, 1.82) is 5.26 Å². The molecule has 0 spiro atoms. The maximum atomic E-state index is 12.0. The lowest BCUT2D eigenvalue weighted by Crippen LogP contribution is -2.22. The van der Waals surface area contributed by atoms with Gasteiger partial charge in [-0.2, -0.15) is 5.26 Å². The fraction of sp³-hybridized carbons (Fsp3) is 0.158. The summed E-state index contributed by atoms with van der Waals surface area (Å²) in [4.78, 5) is 13.4. The van der Waals surface area contributed by atoms with Crippen molar-refractivity contribution in [3.05, 3.63) is 64.2 Å². The van der Waals surface area contributed by atoms with E-state index in [1.807, 2.05) is 24.3 Å². The Morgan fingerprint density at radius 1 is 1.22 bits per heavy atom. The van der Waals surface area contributed by atoms with Gasteiger partial charge in [0, 0.05) is 29.7 Å². The molecule has 8 heteroatoms. The van der Waals surface area contributed by atoms with Crippen LogP contribution in [0.2, 0.25) is 10.0 Å². The SMILES string of the molecule is CN(C)C(=O)/C(C#N)=C\c1cc(I)c(OCc2ccc(Cl)cc2Cl)c(I)c1. The molecule has 2 aromatic rings. The van der Waals surface area contributed by atoms with E-state index in [-0.39, 0.29) is 11.5 Å². The molecule has 0 atom stereocenters. The Kier molecular flexibility index (Phi) is 8.21. The number of rotatable bonds is 5. The molecule has 2 aromatic carbocycles. The van der Waals surface area contributed by atoms with Crippen LogP contribution in [-0.4, -0.2) is 24.9 Å². The van der Waals surface area contributed by atoms with E-state index in [2.05, 4.69) is 45.2 Å². The van der Waals surface area contributed by atoms with E-state index >= 15 is 0 Å². The first-order chi connectivity index (χ1) is 12.7. The highest BCUT2D eigenvalue weighted by Crippen LogP contribution is 2.31. The number of halogens is 4. The predicted octanol–water partition coefficient (Wildman–Crippen LogP) is 5.78. The fourth-order valence-electron chi connectivity index (χ4n) is 2.14. The third-order valence-corrected chi connectivity index (χ3v) is 5.67. The quantitative estimate of drug-likeness (QED) is 0.240. The number of likely N-dealkylation sites (N-methyl/N-ethyl adjacent to an activating group) is 1. The molecule has 0 N–H and O–H groups in total. The maximum absolute atomic E-state index is 12.0. The molecular formula is C19H14Cl2I2N2O2. The maximum Gasteiger partial charge on any atom is 0.264 e. The highest BCUT2D eigenvalue weighted by atomic mass is 127. The van der Waals surface area contributed by atoms with Crippen molar-refractivity contribution in [2.75, 3.05) is 14.1 Å². The lowest BCUT2D eigenvalue weighted by molar-refractivity contribution is -0.124. The Labute approximate surface area is 195 Å². The van der Waals surface area contributed by atoms with Crippen LogP contribution in [0.5, 0.6) is 5.75 Å². The van der Waals surface area contributed by atoms with Gasteiger partial charge in [-0.25, -0.2) is 0 Å². The second kappa shape index (κ2) is 9.96. The minimum atomic E-state index is -0.333. The van der Waals surface area contributed by atoms with E-state index in [0.29, 0.717) is 16.7 Å². The highest BCUT2D eigenvalue weighted by molar-refractivity contribution is 14.1. The minimum absolute atomic E-state index is 0.0771. The summed E-state index contributed by atoms with van der Waals surface area (Å²) >= 11 is 16.4. The first-order valence-electron chi connectivity index (χ1n) is 7.62. The minimum Gasteiger partial charge on any atom is -0.487 e. The Bertz CT molecular complexity index is 930. The number of amides is 1. The van der Waals surface area contributed by atoms with Crippen molar-refractivity contribution in [3.63, 3.8) is 0 Å². The third-order valence-electron chi connectivity index (χ3n) is 3.48. The number of carbonyl (C=O) groups excluding carboxylic acids is 1. The molecule has 0 saturated carbocycles. The van der Waals surface area contributed by atoms with Crippen molar-refractivity contribution >= 4 is 80.4 Å². The van der Waals surface area contributed by atoms with Crippen molar-refractivity contribution in [1.82, 2.24) is 4.90 Å². The number of nitriles is 1. The first-order valence-corrected chi connectivity index (χ1v) is 10.5. The zero-order chi connectivity index (χ0) is 20.1. The van der Waals surface area contributed by atoms with E-state index in [4.69, 9.17) is 27.9 Å². The van der Waals surface area contributed by atoms with Gasteiger partial charge in [0.25, 0.3) is 5.91 Å². The predicted molar refractivity (Wildman–Crippen MR) is 125 cm³/mol. The van der Waals surface area contributed by atoms with Crippen LogP contribution in [0.15, 0.2) is 35.9 Å². The van der Waals surface area contributed by atoms with Crippen LogP contribution in [0.3, 0.4) is 0 Å². The van der Waals surface area contributed by atoms with Gasteiger partial charge in [-0.1, -0.05) is 29.3 Å². The number of hydrogen-bond donors (Lipinski definition) is 0. The van der Waals surface area contributed by atoms with Crippen LogP contribution in [0.1, 0.15) is 11.1 Å². The van der Waals surface area contributed by atoms with Crippen LogP contribution in [0.25, 0.3) is 6.08 Å². The van der Waals surface area contributed by atoms with E-state index < -0.39 is 0 Å².